The molecule has 1 atom stereocenters. The minimum Gasteiger partial charge on any atom is -0.493 e. The fourth-order valence-electron chi connectivity index (χ4n) is 2.30. The Kier molecular flexibility index (Phi) is 4.85. The van der Waals surface area contributed by atoms with Crippen LogP contribution in [0.15, 0.2) is 23.1 Å². The summed E-state index contributed by atoms with van der Waals surface area (Å²) in [5.74, 6) is 1.10. The fraction of sp³-hybridized carbons (Fsp3) is 0.600. The van der Waals surface area contributed by atoms with Gasteiger partial charge in [0, 0.05) is 28.8 Å². The largest absolute Gasteiger partial charge is 0.493 e. The summed E-state index contributed by atoms with van der Waals surface area (Å²) in [6.45, 7) is 8.12. The van der Waals surface area contributed by atoms with Gasteiger partial charge in [-0.2, -0.15) is 0 Å². The molecule has 0 spiro atoms. The molecular formula is C15H21ClO4S. The molecule has 0 aliphatic carbocycles. The second kappa shape index (κ2) is 6.15. The number of halogens is 1. The smallest absolute Gasteiger partial charge is 0.261 e. The Labute approximate surface area is 130 Å². The molecule has 1 aliphatic heterocycles. The van der Waals surface area contributed by atoms with E-state index in [4.69, 9.17) is 20.2 Å². The topological polar surface area (TPSA) is 52.6 Å². The zero-order chi connectivity index (χ0) is 15.7. The van der Waals surface area contributed by atoms with Crippen molar-refractivity contribution in [2.75, 3.05) is 19.8 Å². The molecular weight excluding hydrogens is 312 g/mol. The van der Waals surface area contributed by atoms with E-state index in [1.807, 2.05) is 20.8 Å². The normalized spacial score (nSPS) is 19.7. The van der Waals surface area contributed by atoms with Crippen LogP contribution in [-0.2, 0) is 19.2 Å². The molecule has 4 nitrogen and oxygen atoms in total. The van der Waals surface area contributed by atoms with E-state index >= 15 is 0 Å². The van der Waals surface area contributed by atoms with E-state index in [-0.39, 0.29) is 10.3 Å². The summed E-state index contributed by atoms with van der Waals surface area (Å²) in [6, 6.07) is 4.77. The first kappa shape index (κ1) is 16.6. The van der Waals surface area contributed by atoms with Crippen LogP contribution in [0.4, 0.5) is 0 Å². The van der Waals surface area contributed by atoms with Gasteiger partial charge in [-0.1, -0.05) is 20.8 Å². The highest BCUT2D eigenvalue weighted by Crippen LogP contribution is 2.34. The van der Waals surface area contributed by atoms with Gasteiger partial charge in [-0.3, -0.25) is 0 Å². The quantitative estimate of drug-likeness (QED) is 0.794. The third-order valence-corrected chi connectivity index (χ3v) is 4.89. The minimum absolute atomic E-state index is 0.102. The van der Waals surface area contributed by atoms with Crippen LogP contribution in [0, 0.1) is 5.92 Å². The summed E-state index contributed by atoms with van der Waals surface area (Å²) in [4.78, 5) is 0.102. The van der Waals surface area contributed by atoms with Crippen molar-refractivity contribution < 1.29 is 17.9 Å². The lowest BCUT2D eigenvalue weighted by Gasteiger charge is -2.24. The predicted octanol–water partition coefficient (Wildman–Crippen LogP) is 3.33. The van der Waals surface area contributed by atoms with Gasteiger partial charge >= 0.3 is 0 Å². The van der Waals surface area contributed by atoms with Crippen LogP contribution >= 0.6 is 10.7 Å². The van der Waals surface area contributed by atoms with Gasteiger partial charge in [0.25, 0.3) is 9.05 Å². The van der Waals surface area contributed by atoms with Crippen molar-refractivity contribution in [1.29, 1.82) is 0 Å². The van der Waals surface area contributed by atoms with Crippen LogP contribution in [-0.4, -0.2) is 28.2 Å². The van der Waals surface area contributed by atoms with Gasteiger partial charge in [-0.05, 0) is 30.0 Å². The number of ether oxygens (including phenoxy) is 2. The highest BCUT2D eigenvalue weighted by atomic mass is 35.7. The first-order valence-electron chi connectivity index (χ1n) is 6.97. The minimum atomic E-state index is -3.74. The Morgan fingerprint density at radius 3 is 2.62 bits per heavy atom. The molecule has 0 saturated carbocycles. The molecule has 0 aromatic heterocycles. The van der Waals surface area contributed by atoms with Crippen molar-refractivity contribution in [3.63, 3.8) is 0 Å². The summed E-state index contributed by atoms with van der Waals surface area (Å²) in [7, 11) is 1.69. The van der Waals surface area contributed by atoms with E-state index in [0.717, 1.165) is 25.2 Å². The number of hydrogen-bond acceptors (Lipinski definition) is 4. The van der Waals surface area contributed by atoms with Crippen molar-refractivity contribution >= 4 is 19.7 Å². The van der Waals surface area contributed by atoms with Crippen LogP contribution in [0.3, 0.4) is 0 Å². The average molecular weight is 333 g/mol. The third-order valence-electron chi connectivity index (χ3n) is 3.54. The molecule has 0 N–H and O–H groups in total. The second-order valence-electron chi connectivity index (χ2n) is 6.39. The highest BCUT2D eigenvalue weighted by molar-refractivity contribution is 8.13. The predicted molar refractivity (Wildman–Crippen MR) is 82.6 cm³/mol. The SMILES string of the molecule is CC(C)(C)c1cc(S(=O)(=O)Cl)ccc1OCC1CCOC1. The van der Waals surface area contributed by atoms with Gasteiger partial charge in [0.1, 0.15) is 5.75 Å². The van der Waals surface area contributed by atoms with E-state index in [2.05, 4.69) is 0 Å². The maximum atomic E-state index is 11.5. The van der Waals surface area contributed by atoms with E-state index in [1.165, 1.54) is 6.07 Å². The molecule has 0 amide bonds. The molecule has 1 aromatic rings. The first-order chi connectivity index (χ1) is 9.68. The van der Waals surface area contributed by atoms with Gasteiger partial charge in [0.15, 0.2) is 0 Å². The molecule has 0 bridgehead atoms. The molecule has 1 unspecified atom stereocenters. The van der Waals surface area contributed by atoms with Gasteiger partial charge < -0.3 is 9.47 Å². The van der Waals surface area contributed by atoms with Crippen molar-refractivity contribution in [3.05, 3.63) is 23.8 Å². The fourth-order valence-corrected chi connectivity index (χ4v) is 3.07. The lowest BCUT2D eigenvalue weighted by molar-refractivity contribution is 0.166. The molecule has 6 heteroatoms. The van der Waals surface area contributed by atoms with E-state index < -0.39 is 9.05 Å². The summed E-state index contributed by atoms with van der Waals surface area (Å²) in [6.07, 6.45) is 0.999. The van der Waals surface area contributed by atoms with E-state index in [9.17, 15) is 8.42 Å². The van der Waals surface area contributed by atoms with Gasteiger partial charge in [-0.25, -0.2) is 8.42 Å². The summed E-state index contributed by atoms with van der Waals surface area (Å²) < 4.78 is 34.2. The molecule has 1 saturated heterocycles. The monoisotopic (exact) mass is 332 g/mol. The Hall–Kier alpha value is -0.780. The lowest BCUT2D eigenvalue weighted by Crippen LogP contribution is -2.17. The molecule has 118 valence electrons. The molecule has 21 heavy (non-hydrogen) atoms. The molecule has 0 radical (unpaired) electrons. The Bertz CT molecular complexity index is 599. The van der Waals surface area contributed by atoms with Gasteiger partial charge in [0.2, 0.25) is 0 Å². The van der Waals surface area contributed by atoms with Crippen molar-refractivity contribution in [2.45, 2.75) is 37.5 Å². The van der Waals surface area contributed by atoms with Crippen LogP contribution < -0.4 is 4.74 Å². The maximum Gasteiger partial charge on any atom is 0.261 e. The molecule has 1 aliphatic rings. The summed E-state index contributed by atoms with van der Waals surface area (Å²) in [5, 5.41) is 0. The second-order valence-corrected chi connectivity index (χ2v) is 8.95. The Morgan fingerprint density at radius 2 is 2.10 bits per heavy atom. The molecule has 1 heterocycles. The lowest BCUT2D eigenvalue weighted by atomic mass is 9.86. The number of benzene rings is 1. The van der Waals surface area contributed by atoms with E-state index in [0.29, 0.717) is 18.3 Å². The Balaban J connectivity index is 2.27. The summed E-state index contributed by atoms with van der Waals surface area (Å²) in [5.41, 5.74) is 0.599. The first-order valence-corrected chi connectivity index (χ1v) is 9.28. The Morgan fingerprint density at radius 1 is 1.38 bits per heavy atom. The standard InChI is InChI=1S/C15H21ClO4S/c1-15(2,3)13-8-12(21(16,17)18)4-5-14(13)20-10-11-6-7-19-9-11/h4-5,8,11H,6-7,9-10H2,1-3H3. The molecule has 2 rings (SSSR count). The van der Waals surface area contributed by atoms with Crippen molar-refractivity contribution in [3.8, 4) is 5.75 Å². The van der Waals surface area contributed by atoms with Crippen LogP contribution in [0.25, 0.3) is 0 Å². The van der Waals surface area contributed by atoms with Crippen LogP contribution in [0.1, 0.15) is 32.8 Å². The van der Waals surface area contributed by atoms with E-state index in [1.54, 1.807) is 12.1 Å². The summed E-state index contributed by atoms with van der Waals surface area (Å²) >= 11 is 0. The number of hydrogen-bond donors (Lipinski definition) is 0. The highest BCUT2D eigenvalue weighted by Gasteiger charge is 2.24. The maximum absolute atomic E-state index is 11.5. The average Bonchev–Trinajstić information content (AvgIpc) is 2.87. The molecule has 1 fully saturated rings. The molecule has 1 aromatic carbocycles. The van der Waals surface area contributed by atoms with Crippen LogP contribution in [0.2, 0.25) is 0 Å². The number of rotatable bonds is 4. The zero-order valence-electron chi connectivity index (χ0n) is 12.6. The van der Waals surface area contributed by atoms with Crippen LogP contribution in [0.5, 0.6) is 5.75 Å². The van der Waals surface area contributed by atoms with Crippen molar-refractivity contribution in [2.24, 2.45) is 5.92 Å². The van der Waals surface area contributed by atoms with Gasteiger partial charge in [-0.15, -0.1) is 0 Å². The van der Waals surface area contributed by atoms with Gasteiger partial charge in [0.05, 0.1) is 18.1 Å². The third kappa shape index (κ3) is 4.34. The zero-order valence-corrected chi connectivity index (χ0v) is 14.1. The van der Waals surface area contributed by atoms with Crippen molar-refractivity contribution in [1.82, 2.24) is 0 Å².